The summed E-state index contributed by atoms with van der Waals surface area (Å²) in [7, 11) is 0. The Kier molecular flexibility index (Phi) is 3.97. The van der Waals surface area contributed by atoms with Gasteiger partial charge in [0.2, 0.25) is 0 Å². The minimum Gasteiger partial charge on any atom is -0.387 e. The van der Waals surface area contributed by atoms with Crippen LogP contribution < -0.4 is 4.90 Å². The van der Waals surface area contributed by atoms with Gasteiger partial charge in [0.1, 0.15) is 0 Å². The highest BCUT2D eigenvalue weighted by Crippen LogP contribution is 2.18. The standard InChI is InChI=1S/C13H20N2O2/c1-10-9-15(6-3-7-17-10)12-4-5-13(11(2)16)14-8-12/h4-5,8,10-11,16H,3,6-7,9H2,1-2H3/t10?,11-/m1/s1. The van der Waals surface area contributed by atoms with Crippen molar-refractivity contribution in [3.8, 4) is 0 Å². The van der Waals surface area contributed by atoms with Gasteiger partial charge in [-0.2, -0.15) is 0 Å². The highest BCUT2D eigenvalue weighted by atomic mass is 16.5. The Balaban J connectivity index is 2.10. The zero-order valence-electron chi connectivity index (χ0n) is 10.5. The Morgan fingerprint density at radius 3 is 3.00 bits per heavy atom. The van der Waals surface area contributed by atoms with E-state index < -0.39 is 6.10 Å². The van der Waals surface area contributed by atoms with Crippen molar-refractivity contribution in [2.24, 2.45) is 0 Å². The number of aliphatic hydroxyl groups is 1. The molecule has 0 radical (unpaired) electrons. The van der Waals surface area contributed by atoms with Crippen LogP contribution in [0.5, 0.6) is 0 Å². The summed E-state index contributed by atoms with van der Waals surface area (Å²) in [5.74, 6) is 0. The predicted molar refractivity (Wildman–Crippen MR) is 67.1 cm³/mol. The summed E-state index contributed by atoms with van der Waals surface area (Å²) in [5, 5.41) is 9.42. The second-order valence-corrected chi connectivity index (χ2v) is 4.60. The summed E-state index contributed by atoms with van der Waals surface area (Å²) in [6.45, 7) is 6.55. The summed E-state index contributed by atoms with van der Waals surface area (Å²) in [6.07, 6.45) is 2.63. The number of rotatable bonds is 2. The van der Waals surface area contributed by atoms with Crippen molar-refractivity contribution in [2.75, 3.05) is 24.6 Å². The molecule has 2 atom stereocenters. The largest absolute Gasteiger partial charge is 0.387 e. The molecule has 0 amide bonds. The normalized spacial score (nSPS) is 23.2. The van der Waals surface area contributed by atoms with Crippen LogP contribution in [0.4, 0.5) is 5.69 Å². The highest BCUT2D eigenvalue weighted by Gasteiger charge is 2.15. The number of hydrogen-bond donors (Lipinski definition) is 1. The topological polar surface area (TPSA) is 45.6 Å². The van der Waals surface area contributed by atoms with Gasteiger partial charge in [-0.1, -0.05) is 0 Å². The molecule has 1 saturated heterocycles. The van der Waals surface area contributed by atoms with Crippen LogP contribution >= 0.6 is 0 Å². The fraction of sp³-hybridized carbons (Fsp3) is 0.615. The van der Waals surface area contributed by atoms with E-state index in [2.05, 4.69) is 16.8 Å². The summed E-state index contributed by atoms with van der Waals surface area (Å²) in [6, 6.07) is 3.91. The average Bonchev–Trinajstić information content (AvgIpc) is 2.54. The van der Waals surface area contributed by atoms with Crippen LogP contribution in [0.3, 0.4) is 0 Å². The van der Waals surface area contributed by atoms with Crippen LogP contribution in [0.1, 0.15) is 32.1 Å². The molecule has 1 N–H and O–H groups in total. The van der Waals surface area contributed by atoms with Gasteiger partial charge in [-0.05, 0) is 32.4 Å². The third kappa shape index (κ3) is 3.17. The van der Waals surface area contributed by atoms with Gasteiger partial charge in [-0.25, -0.2) is 0 Å². The van der Waals surface area contributed by atoms with E-state index in [0.717, 1.165) is 31.8 Å². The lowest BCUT2D eigenvalue weighted by Gasteiger charge is -2.24. The Labute approximate surface area is 102 Å². The third-order valence-corrected chi connectivity index (χ3v) is 3.02. The van der Waals surface area contributed by atoms with Gasteiger partial charge in [-0.3, -0.25) is 4.98 Å². The van der Waals surface area contributed by atoms with Crippen molar-refractivity contribution in [1.29, 1.82) is 0 Å². The molecule has 4 nitrogen and oxygen atoms in total. The quantitative estimate of drug-likeness (QED) is 0.849. The molecule has 1 aliphatic rings. The van der Waals surface area contributed by atoms with Crippen molar-refractivity contribution in [2.45, 2.75) is 32.5 Å². The summed E-state index contributed by atoms with van der Waals surface area (Å²) >= 11 is 0. The first-order chi connectivity index (χ1) is 8.16. The lowest BCUT2D eigenvalue weighted by molar-refractivity contribution is 0.0821. The first-order valence-corrected chi connectivity index (χ1v) is 6.17. The van der Waals surface area contributed by atoms with E-state index in [1.807, 2.05) is 18.3 Å². The van der Waals surface area contributed by atoms with E-state index in [9.17, 15) is 5.11 Å². The van der Waals surface area contributed by atoms with E-state index >= 15 is 0 Å². The molecule has 0 spiro atoms. The van der Waals surface area contributed by atoms with Crippen molar-refractivity contribution >= 4 is 5.69 Å². The van der Waals surface area contributed by atoms with Crippen molar-refractivity contribution in [3.05, 3.63) is 24.0 Å². The number of hydrogen-bond acceptors (Lipinski definition) is 4. The fourth-order valence-corrected chi connectivity index (χ4v) is 2.06. The number of aliphatic hydroxyl groups excluding tert-OH is 1. The Morgan fingerprint density at radius 2 is 2.35 bits per heavy atom. The molecule has 0 aromatic carbocycles. The number of nitrogens with zero attached hydrogens (tertiary/aromatic N) is 2. The first-order valence-electron chi connectivity index (χ1n) is 6.17. The molecule has 94 valence electrons. The molecule has 1 aliphatic heterocycles. The molecule has 0 aliphatic carbocycles. The zero-order chi connectivity index (χ0) is 12.3. The minimum atomic E-state index is -0.504. The number of aromatic nitrogens is 1. The Morgan fingerprint density at radius 1 is 1.53 bits per heavy atom. The Hall–Kier alpha value is -1.13. The van der Waals surface area contributed by atoms with Gasteiger partial charge in [0, 0.05) is 19.7 Å². The van der Waals surface area contributed by atoms with Crippen LogP contribution in [-0.4, -0.2) is 35.9 Å². The van der Waals surface area contributed by atoms with Crippen molar-refractivity contribution < 1.29 is 9.84 Å². The van der Waals surface area contributed by atoms with E-state index in [4.69, 9.17) is 4.74 Å². The lowest BCUT2D eigenvalue weighted by atomic mass is 10.2. The molecular weight excluding hydrogens is 216 g/mol. The third-order valence-electron chi connectivity index (χ3n) is 3.02. The van der Waals surface area contributed by atoms with E-state index in [0.29, 0.717) is 5.69 Å². The molecule has 1 aromatic rings. The van der Waals surface area contributed by atoms with Gasteiger partial charge in [-0.15, -0.1) is 0 Å². The monoisotopic (exact) mass is 236 g/mol. The molecule has 0 bridgehead atoms. The summed E-state index contributed by atoms with van der Waals surface area (Å²) < 4.78 is 5.61. The molecule has 1 aromatic heterocycles. The van der Waals surface area contributed by atoms with E-state index in [1.165, 1.54) is 0 Å². The molecule has 2 rings (SSSR count). The second kappa shape index (κ2) is 5.47. The minimum absolute atomic E-state index is 0.258. The van der Waals surface area contributed by atoms with Crippen LogP contribution in [0, 0.1) is 0 Å². The molecule has 1 fully saturated rings. The molecule has 4 heteroatoms. The number of anilines is 1. The first kappa shape index (κ1) is 12.3. The Bertz CT molecular complexity index is 351. The molecule has 0 saturated carbocycles. The van der Waals surface area contributed by atoms with Gasteiger partial charge >= 0.3 is 0 Å². The highest BCUT2D eigenvalue weighted by molar-refractivity contribution is 5.45. The second-order valence-electron chi connectivity index (χ2n) is 4.60. The maximum atomic E-state index is 9.42. The van der Waals surface area contributed by atoms with Gasteiger partial charge in [0.15, 0.2) is 0 Å². The van der Waals surface area contributed by atoms with Crippen LogP contribution in [-0.2, 0) is 4.74 Å². The van der Waals surface area contributed by atoms with Gasteiger partial charge < -0.3 is 14.7 Å². The lowest BCUT2D eigenvalue weighted by Crippen LogP contribution is -2.30. The molecule has 17 heavy (non-hydrogen) atoms. The van der Waals surface area contributed by atoms with Crippen LogP contribution in [0.2, 0.25) is 0 Å². The molecule has 1 unspecified atom stereocenters. The molecular formula is C13H20N2O2. The van der Waals surface area contributed by atoms with Crippen molar-refractivity contribution in [1.82, 2.24) is 4.98 Å². The maximum absolute atomic E-state index is 9.42. The van der Waals surface area contributed by atoms with E-state index in [-0.39, 0.29) is 6.10 Å². The van der Waals surface area contributed by atoms with Crippen molar-refractivity contribution in [3.63, 3.8) is 0 Å². The van der Waals surface area contributed by atoms with Crippen LogP contribution in [0.25, 0.3) is 0 Å². The summed E-state index contributed by atoms with van der Waals surface area (Å²) in [4.78, 5) is 6.56. The molecule has 2 heterocycles. The predicted octanol–water partition coefficient (Wildman–Crippen LogP) is 1.75. The number of pyridine rings is 1. The maximum Gasteiger partial charge on any atom is 0.0931 e. The van der Waals surface area contributed by atoms with Crippen LogP contribution in [0.15, 0.2) is 18.3 Å². The fourth-order valence-electron chi connectivity index (χ4n) is 2.06. The van der Waals surface area contributed by atoms with E-state index in [1.54, 1.807) is 6.92 Å². The van der Waals surface area contributed by atoms with Gasteiger partial charge in [0.25, 0.3) is 0 Å². The smallest absolute Gasteiger partial charge is 0.0931 e. The summed E-state index contributed by atoms with van der Waals surface area (Å²) in [5.41, 5.74) is 1.82. The number of ether oxygens (including phenoxy) is 1. The zero-order valence-corrected chi connectivity index (χ0v) is 10.5. The SMILES string of the molecule is CC1CN(c2ccc([C@@H](C)O)nc2)CCCO1. The van der Waals surface area contributed by atoms with Gasteiger partial charge in [0.05, 0.1) is 29.8 Å². The average molecular weight is 236 g/mol.